The molecule has 1 rings (SSSR count). The fourth-order valence-corrected chi connectivity index (χ4v) is 1.72. The van der Waals surface area contributed by atoms with Gasteiger partial charge >= 0.3 is 6.18 Å². The quantitative estimate of drug-likeness (QED) is 0.926. The first-order chi connectivity index (χ1) is 7.78. The number of rotatable bonds is 4. The molecular weight excluding hydrogens is 299 g/mol. The third-order valence-corrected chi connectivity index (χ3v) is 2.74. The lowest BCUT2D eigenvalue weighted by molar-refractivity contribution is -0.153. The van der Waals surface area contributed by atoms with Crippen molar-refractivity contribution in [3.8, 4) is 5.75 Å². The van der Waals surface area contributed by atoms with Crippen LogP contribution < -0.4 is 10.5 Å². The molecular formula is C11H13BrF3NO. The second-order valence-corrected chi connectivity index (χ2v) is 4.69. The van der Waals surface area contributed by atoms with Gasteiger partial charge in [0.2, 0.25) is 0 Å². The van der Waals surface area contributed by atoms with Gasteiger partial charge < -0.3 is 10.5 Å². The van der Waals surface area contributed by atoms with Crippen molar-refractivity contribution in [2.24, 2.45) is 5.73 Å². The van der Waals surface area contributed by atoms with Crippen LogP contribution in [0.4, 0.5) is 13.2 Å². The van der Waals surface area contributed by atoms with Crippen LogP contribution >= 0.6 is 15.9 Å². The number of alkyl halides is 3. The fraction of sp³-hybridized carbons (Fsp3) is 0.455. The summed E-state index contributed by atoms with van der Waals surface area (Å²) in [4.78, 5) is 0. The van der Waals surface area contributed by atoms with Crippen molar-refractivity contribution in [2.75, 3.05) is 6.61 Å². The molecule has 0 aromatic heterocycles. The molecule has 0 aliphatic heterocycles. The number of hydrogen-bond donors (Lipinski definition) is 1. The Bertz CT molecular complexity index is 379. The van der Waals surface area contributed by atoms with Gasteiger partial charge in [0.05, 0.1) is 0 Å². The molecule has 0 heterocycles. The average Bonchev–Trinajstić information content (AvgIpc) is 2.17. The van der Waals surface area contributed by atoms with Crippen LogP contribution in [0.15, 0.2) is 22.7 Å². The molecule has 0 aliphatic carbocycles. The maximum absolute atomic E-state index is 12.0. The zero-order valence-electron chi connectivity index (χ0n) is 9.22. The van der Waals surface area contributed by atoms with Crippen LogP contribution in [0.25, 0.3) is 0 Å². The molecule has 0 aliphatic rings. The minimum atomic E-state index is -4.33. The molecule has 1 aromatic carbocycles. The first-order valence-electron chi connectivity index (χ1n) is 5.01. The fourth-order valence-electron chi connectivity index (χ4n) is 1.31. The number of nitrogens with two attached hydrogens (primary N) is 1. The van der Waals surface area contributed by atoms with Gasteiger partial charge in [-0.3, -0.25) is 0 Å². The van der Waals surface area contributed by atoms with Crippen molar-refractivity contribution in [1.82, 2.24) is 0 Å². The summed E-state index contributed by atoms with van der Waals surface area (Å²) in [5, 5.41) is 0. The molecule has 17 heavy (non-hydrogen) atoms. The Labute approximate surface area is 106 Å². The van der Waals surface area contributed by atoms with Crippen LogP contribution in [0.1, 0.15) is 12.5 Å². The van der Waals surface area contributed by atoms with Crippen LogP contribution in [-0.4, -0.2) is 18.8 Å². The van der Waals surface area contributed by atoms with Gasteiger partial charge in [0.1, 0.15) is 5.75 Å². The van der Waals surface area contributed by atoms with Crippen molar-refractivity contribution in [3.63, 3.8) is 0 Å². The van der Waals surface area contributed by atoms with E-state index in [4.69, 9.17) is 5.73 Å². The van der Waals surface area contributed by atoms with E-state index >= 15 is 0 Å². The highest BCUT2D eigenvalue weighted by atomic mass is 79.9. The van der Waals surface area contributed by atoms with Crippen molar-refractivity contribution in [1.29, 1.82) is 0 Å². The molecule has 0 radical (unpaired) electrons. The first kappa shape index (κ1) is 14.3. The first-order valence-corrected chi connectivity index (χ1v) is 5.81. The molecule has 1 aromatic rings. The predicted octanol–water partition coefficient (Wildman–Crippen LogP) is 3.28. The summed E-state index contributed by atoms with van der Waals surface area (Å²) in [6.07, 6.45) is -3.75. The summed E-state index contributed by atoms with van der Waals surface area (Å²) in [6, 6.07) is 4.65. The third-order valence-electron chi connectivity index (χ3n) is 1.96. The topological polar surface area (TPSA) is 35.2 Å². The Kier molecular flexibility index (Phi) is 4.82. The zero-order chi connectivity index (χ0) is 13.1. The van der Waals surface area contributed by atoms with Crippen molar-refractivity contribution in [3.05, 3.63) is 28.2 Å². The van der Waals surface area contributed by atoms with Gasteiger partial charge in [-0.1, -0.05) is 15.9 Å². The highest BCUT2D eigenvalue weighted by Gasteiger charge is 2.28. The second kappa shape index (κ2) is 5.73. The lowest BCUT2D eigenvalue weighted by Gasteiger charge is -2.12. The van der Waals surface area contributed by atoms with Crippen molar-refractivity contribution in [2.45, 2.75) is 25.6 Å². The number of halogens is 4. The standard InChI is InChI=1S/C11H13BrF3NO/c1-7(16)4-8-5-9(2-3-10(8)12)17-6-11(13,14)15/h2-3,5,7H,4,6,16H2,1H3. The highest BCUT2D eigenvalue weighted by molar-refractivity contribution is 9.10. The molecule has 0 spiro atoms. The maximum atomic E-state index is 12.0. The van der Waals surface area contributed by atoms with Gasteiger partial charge in [-0.2, -0.15) is 13.2 Å². The van der Waals surface area contributed by atoms with Crippen molar-refractivity contribution < 1.29 is 17.9 Å². The lowest BCUT2D eigenvalue weighted by Crippen LogP contribution is -2.20. The van der Waals surface area contributed by atoms with Gasteiger partial charge in [-0.15, -0.1) is 0 Å². The predicted molar refractivity (Wildman–Crippen MR) is 63.0 cm³/mol. The van der Waals surface area contributed by atoms with Crippen LogP contribution in [0.3, 0.4) is 0 Å². The molecule has 0 saturated carbocycles. The lowest BCUT2D eigenvalue weighted by atomic mass is 10.1. The Morgan fingerprint density at radius 3 is 2.59 bits per heavy atom. The molecule has 1 atom stereocenters. The minimum absolute atomic E-state index is 0.0656. The maximum Gasteiger partial charge on any atom is 0.422 e. The molecule has 0 amide bonds. The highest BCUT2D eigenvalue weighted by Crippen LogP contribution is 2.25. The molecule has 0 saturated heterocycles. The molecule has 6 heteroatoms. The minimum Gasteiger partial charge on any atom is -0.484 e. The molecule has 0 bridgehead atoms. The van der Waals surface area contributed by atoms with E-state index in [1.807, 2.05) is 6.92 Å². The Morgan fingerprint density at radius 2 is 2.06 bits per heavy atom. The number of ether oxygens (including phenoxy) is 1. The van der Waals surface area contributed by atoms with E-state index in [0.717, 1.165) is 10.0 Å². The third kappa shape index (κ3) is 5.41. The smallest absolute Gasteiger partial charge is 0.422 e. The van der Waals surface area contributed by atoms with E-state index in [9.17, 15) is 13.2 Å². The SMILES string of the molecule is CC(N)Cc1cc(OCC(F)(F)F)ccc1Br. The normalized spacial score (nSPS) is 13.5. The number of benzene rings is 1. The van der Waals surface area contributed by atoms with E-state index in [1.54, 1.807) is 12.1 Å². The molecule has 2 nitrogen and oxygen atoms in total. The van der Waals surface area contributed by atoms with Gasteiger partial charge in [-0.05, 0) is 37.1 Å². The largest absolute Gasteiger partial charge is 0.484 e. The van der Waals surface area contributed by atoms with Crippen LogP contribution in [0, 0.1) is 0 Å². The summed E-state index contributed by atoms with van der Waals surface area (Å²) < 4.78 is 41.4. The van der Waals surface area contributed by atoms with Crippen LogP contribution in [0.2, 0.25) is 0 Å². The van der Waals surface area contributed by atoms with E-state index in [1.165, 1.54) is 6.07 Å². The molecule has 1 unspecified atom stereocenters. The van der Waals surface area contributed by atoms with E-state index in [0.29, 0.717) is 6.42 Å². The molecule has 0 fully saturated rings. The average molecular weight is 312 g/mol. The van der Waals surface area contributed by atoms with Gasteiger partial charge in [0.15, 0.2) is 6.61 Å². The monoisotopic (exact) mass is 311 g/mol. The summed E-state index contributed by atoms with van der Waals surface area (Å²) in [6.45, 7) is 0.544. The summed E-state index contributed by atoms with van der Waals surface area (Å²) in [5.74, 6) is 0.196. The van der Waals surface area contributed by atoms with Gasteiger partial charge in [0.25, 0.3) is 0 Å². The molecule has 96 valence electrons. The Balaban J connectivity index is 2.74. The second-order valence-electron chi connectivity index (χ2n) is 3.84. The van der Waals surface area contributed by atoms with E-state index < -0.39 is 12.8 Å². The summed E-state index contributed by atoms with van der Waals surface area (Å²) >= 11 is 3.32. The number of hydrogen-bond acceptors (Lipinski definition) is 2. The zero-order valence-corrected chi connectivity index (χ0v) is 10.8. The Morgan fingerprint density at radius 1 is 1.41 bits per heavy atom. The molecule has 2 N–H and O–H groups in total. The van der Waals surface area contributed by atoms with E-state index in [2.05, 4.69) is 20.7 Å². The summed E-state index contributed by atoms with van der Waals surface area (Å²) in [5.41, 5.74) is 6.48. The van der Waals surface area contributed by atoms with E-state index in [-0.39, 0.29) is 11.8 Å². The Hall–Kier alpha value is -0.750. The summed E-state index contributed by atoms with van der Waals surface area (Å²) in [7, 11) is 0. The van der Waals surface area contributed by atoms with Gasteiger partial charge in [-0.25, -0.2) is 0 Å². The van der Waals surface area contributed by atoms with Crippen LogP contribution in [0.5, 0.6) is 5.75 Å². The van der Waals surface area contributed by atoms with Crippen LogP contribution in [-0.2, 0) is 6.42 Å². The van der Waals surface area contributed by atoms with Crippen molar-refractivity contribution >= 4 is 15.9 Å². The van der Waals surface area contributed by atoms with Gasteiger partial charge in [0, 0.05) is 10.5 Å².